The van der Waals surface area contributed by atoms with Gasteiger partial charge in [0, 0.05) is 32.8 Å². The lowest BCUT2D eigenvalue weighted by Gasteiger charge is -2.22. The van der Waals surface area contributed by atoms with Gasteiger partial charge < -0.3 is 19.3 Å². The molecule has 120 valence electrons. The SMILES string of the molecule is CCOCCN(CCOCC)Cc1ccc(OC)c(O)c1. The summed E-state index contributed by atoms with van der Waals surface area (Å²) < 4.78 is 15.9. The molecule has 0 saturated heterocycles. The highest BCUT2D eigenvalue weighted by Crippen LogP contribution is 2.26. The van der Waals surface area contributed by atoms with Gasteiger partial charge in [-0.05, 0) is 31.5 Å². The molecule has 0 fully saturated rings. The first-order chi connectivity index (χ1) is 10.2. The van der Waals surface area contributed by atoms with Crippen molar-refractivity contribution in [3.05, 3.63) is 23.8 Å². The summed E-state index contributed by atoms with van der Waals surface area (Å²) in [7, 11) is 1.55. The van der Waals surface area contributed by atoms with Crippen LogP contribution in [0.2, 0.25) is 0 Å². The molecule has 0 bridgehead atoms. The number of aromatic hydroxyl groups is 1. The van der Waals surface area contributed by atoms with E-state index in [0.29, 0.717) is 19.0 Å². The Kier molecular flexibility index (Phi) is 8.82. The summed E-state index contributed by atoms with van der Waals surface area (Å²) in [4.78, 5) is 2.26. The van der Waals surface area contributed by atoms with E-state index >= 15 is 0 Å². The Hall–Kier alpha value is -1.30. The Morgan fingerprint density at radius 1 is 1.05 bits per heavy atom. The minimum Gasteiger partial charge on any atom is -0.504 e. The van der Waals surface area contributed by atoms with Gasteiger partial charge in [-0.2, -0.15) is 0 Å². The second kappa shape index (κ2) is 10.4. The van der Waals surface area contributed by atoms with Crippen LogP contribution < -0.4 is 4.74 Å². The van der Waals surface area contributed by atoms with Gasteiger partial charge in [-0.1, -0.05) is 6.07 Å². The lowest BCUT2D eigenvalue weighted by Crippen LogP contribution is -2.30. The van der Waals surface area contributed by atoms with Gasteiger partial charge in [-0.15, -0.1) is 0 Å². The lowest BCUT2D eigenvalue weighted by atomic mass is 10.2. The molecule has 0 amide bonds. The quantitative estimate of drug-likeness (QED) is 0.635. The number of methoxy groups -OCH3 is 1. The number of hydrogen-bond acceptors (Lipinski definition) is 5. The molecular formula is C16H27NO4. The molecular weight excluding hydrogens is 270 g/mol. The van der Waals surface area contributed by atoms with Crippen molar-refractivity contribution >= 4 is 0 Å². The van der Waals surface area contributed by atoms with Gasteiger partial charge >= 0.3 is 0 Å². The lowest BCUT2D eigenvalue weighted by molar-refractivity contribution is 0.0797. The molecule has 0 spiro atoms. The fourth-order valence-electron chi connectivity index (χ4n) is 2.04. The number of benzene rings is 1. The third kappa shape index (κ3) is 6.80. The van der Waals surface area contributed by atoms with Crippen molar-refractivity contribution in [2.45, 2.75) is 20.4 Å². The number of rotatable bonds is 11. The zero-order valence-corrected chi connectivity index (χ0v) is 13.3. The van der Waals surface area contributed by atoms with Crippen LogP contribution in [0.25, 0.3) is 0 Å². The van der Waals surface area contributed by atoms with Crippen molar-refractivity contribution < 1.29 is 19.3 Å². The molecule has 0 saturated carbocycles. The predicted octanol–water partition coefficient (Wildman–Crippen LogP) is 2.28. The third-order valence-corrected chi connectivity index (χ3v) is 3.16. The van der Waals surface area contributed by atoms with E-state index in [2.05, 4.69) is 4.90 Å². The van der Waals surface area contributed by atoms with Gasteiger partial charge in [0.1, 0.15) is 0 Å². The molecule has 0 atom stereocenters. The van der Waals surface area contributed by atoms with E-state index in [4.69, 9.17) is 14.2 Å². The van der Waals surface area contributed by atoms with E-state index in [1.807, 2.05) is 19.9 Å². The molecule has 0 aliphatic carbocycles. The zero-order chi connectivity index (χ0) is 15.5. The maximum Gasteiger partial charge on any atom is 0.160 e. The van der Waals surface area contributed by atoms with Crippen LogP contribution in [-0.4, -0.2) is 56.6 Å². The highest BCUT2D eigenvalue weighted by Gasteiger charge is 2.08. The fourth-order valence-corrected chi connectivity index (χ4v) is 2.04. The second-order valence-electron chi connectivity index (χ2n) is 4.68. The van der Waals surface area contributed by atoms with Crippen LogP contribution in [0.1, 0.15) is 19.4 Å². The molecule has 1 aromatic rings. The molecule has 0 aliphatic heterocycles. The summed E-state index contributed by atoms with van der Waals surface area (Å²) in [5.41, 5.74) is 1.04. The average Bonchev–Trinajstić information content (AvgIpc) is 2.48. The minimum atomic E-state index is 0.171. The number of hydrogen-bond donors (Lipinski definition) is 1. The summed E-state index contributed by atoms with van der Waals surface area (Å²) in [6, 6.07) is 5.49. The Morgan fingerprint density at radius 2 is 1.67 bits per heavy atom. The van der Waals surface area contributed by atoms with Gasteiger partial charge in [0.15, 0.2) is 11.5 Å². The van der Waals surface area contributed by atoms with E-state index in [9.17, 15) is 5.11 Å². The standard InChI is InChI=1S/C16H27NO4/c1-4-20-10-8-17(9-11-21-5-2)13-14-6-7-16(19-3)15(18)12-14/h6-7,12,18H,4-5,8-11,13H2,1-3H3. The van der Waals surface area contributed by atoms with E-state index in [1.165, 1.54) is 0 Å². The smallest absolute Gasteiger partial charge is 0.160 e. The van der Waals surface area contributed by atoms with Gasteiger partial charge in [0.2, 0.25) is 0 Å². The number of phenolic OH excluding ortho intramolecular Hbond substituents is 1. The van der Waals surface area contributed by atoms with Crippen LogP contribution in [0.5, 0.6) is 11.5 Å². The van der Waals surface area contributed by atoms with E-state index in [-0.39, 0.29) is 5.75 Å². The zero-order valence-electron chi connectivity index (χ0n) is 13.3. The van der Waals surface area contributed by atoms with Crippen molar-refractivity contribution in [1.29, 1.82) is 0 Å². The van der Waals surface area contributed by atoms with Gasteiger partial charge in [0.05, 0.1) is 20.3 Å². The second-order valence-corrected chi connectivity index (χ2v) is 4.68. The molecule has 0 aliphatic rings. The molecule has 1 aromatic carbocycles. The minimum absolute atomic E-state index is 0.171. The van der Waals surface area contributed by atoms with E-state index in [1.54, 1.807) is 19.2 Å². The first kappa shape index (κ1) is 17.8. The van der Waals surface area contributed by atoms with E-state index in [0.717, 1.165) is 38.4 Å². The summed E-state index contributed by atoms with van der Waals surface area (Å²) in [6.07, 6.45) is 0. The van der Waals surface area contributed by atoms with Crippen LogP contribution in [0, 0.1) is 0 Å². The van der Waals surface area contributed by atoms with Crippen molar-refractivity contribution in [2.75, 3.05) is 46.6 Å². The van der Waals surface area contributed by atoms with Gasteiger partial charge in [-0.25, -0.2) is 0 Å². The van der Waals surface area contributed by atoms with Crippen LogP contribution in [0.4, 0.5) is 0 Å². The molecule has 0 unspecified atom stereocenters. The Labute approximate surface area is 127 Å². The predicted molar refractivity (Wildman–Crippen MR) is 82.9 cm³/mol. The van der Waals surface area contributed by atoms with Crippen molar-refractivity contribution in [3.8, 4) is 11.5 Å². The molecule has 1 N–H and O–H groups in total. The highest BCUT2D eigenvalue weighted by atomic mass is 16.5. The number of ether oxygens (including phenoxy) is 3. The Balaban J connectivity index is 2.58. The first-order valence-corrected chi connectivity index (χ1v) is 7.45. The Bertz CT molecular complexity index is 388. The summed E-state index contributed by atoms with van der Waals surface area (Å²) in [5.74, 6) is 0.665. The molecule has 0 aromatic heterocycles. The molecule has 0 heterocycles. The molecule has 5 nitrogen and oxygen atoms in total. The number of phenols is 1. The van der Waals surface area contributed by atoms with Crippen molar-refractivity contribution in [3.63, 3.8) is 0 Å². The summed E-state index contributed by atoms with van der Waals surface area (Å²) in [5, 5.41) is 9.84. The normalized spacial score (nSPS) is 11.0. The average molecular weight is 297 g/mol. The maximum absolute atomic E-state index is 9.84. The molecule has 21 heavy (non-hydrogen) atoms. The maximum atomic E-state index is 9.84. The monoisotopic (exact) mass is 297 g/mol. The van der Waals surface area contributed by atoms with E-state index < -0.39 is 0 Å². The van der Waals surface area contributed by atoms with Crippen molar-refractivity contribution in [2.24, 2.45) is 0 Å². The molecule has 5 heteroatoms. The van der Waals surface area contributed by atoms with Crippen molar-refractivity contribution in [1.82, 2.24) is 4.90 Å². The molecule has 0 radical (unpaired) electrons. The third-order valence-electron chi connectivity index (χ3n) is 3.16. The fraction of sp³-hybridized carbons (Fsp3) is 0.625. The van der Waals surface area contributed by atoms with Gasteiger partial charge in [-0.3, -0.25) is 4.90 Å². The van der Waals surface area contributed by atoms with Crippen LogP contribution in [0.3, 0.4) is 0 Å². The van der Waals surface area contributed by atoms with Gasteiger partial charge in [0.25, 0.3) is 0 Å². The summed E-state index contributed by atoms with van der Waals surface area (Å²) >= 11 is 0. The summed E-state index contributed by atoms with van der Waals surface area (Å²) in [6.45, 7) is 9.26. The highest BCUT2D eigenvalue weighted by molar-refractivity contribution is 5.41. The van der Waals surface area contributed by atoms with Crippen LogP contribution >= 0.6 is 0 Å². The van der Waals surface area contributed by atoms with Crippen LogP contribution in [-0.2, 0) is 16.0 Å². The molecule has 1 rings (SSSR count). The van der Waals surface area contributed by atoms with Crippen LogP contribution in [0.15, 0.2) is 18.2 Å². The number of nitrogens with zero attached hydrogens (tertiary/aromatic N) is 1. The first-order valence-electron chi connectivity index (χ1n) is 7.45. The largest absolute Gasteiger partial charge is 0.504 e. The Morgan fingerprint density at radius 3 is 2.14 bits per heavy atom. The topological polar surface area (TPSA) is 51.2 Å².